The van der Waals surface area contributed by atoms with Crippen molar-refractivity contribution in [2.45, 2.75) is 43.9 Å². The van der Waals surface area contributed by atoms with Crippen LogP contribution in [0.3, 0.4) is 0 Å². The van der Waals surface area contributed by atoms with Crippen molar-refractivity contribution in [1.82, 2.24) is 10.2 Å². The third kappa shape index (κ3) is 5.10. The van der Waals surface area contributed by atoms with Crippen LogP contribution in [0.1, 0.15) is 29.5 Å². The summed E-state index contributed by atoms with van der Waals surface area (Å²) in [5, 5.41) is 2.99. The van der Waals surface area contributed by atoms with Crippen molar-refractivity contribution in [1.29, 1.82) is 0 Å². The average molecular weight is 506 g/mol. The molecule has 1 amide bonds. The average Bonchev–Trinajstić information content (AvgIpc) is 3.40. The van der Waals surface area contributed by atoms with Crippen LogP contribution in [0.4, 0.5) is 5.69 Å². The summed E-state index contributed by atoms with van der Waals surface area (Å²) in [6.45, 7) is 5.22. The molecule has 0 aliphatic carbocycles. The van der Waals surface area contributed by atoms with Crippen LogP contribution in [0, 0.1) is 6.92 Å². The molecule has 1 fully saturated rings. The minimum absolute atomic E-state index is 0.103. The van der Waals surface area contributed by atoms with Crippen LogP contribution in [0.5, 0.6) is 5.75 Å². The number of carbonyl (C=O) groups excluding carboxylic acids is 1. The Morgan fingerprint density at radius 3 is 2.42 bits per heavy atom. The van der Waals surface area contributed by atoms with Crippen LogP contribution < -0.4 is 14.4 Å². The van der Waals surface area contributed by atoms with E-state index in [4.69, 9.17) is 4.74 Å². The second-order valence-corrected chi connectivity index (χ2v) is 11.3. The van der Waals surface area contributed by atoms with Gasteiger partial charge in [0.15, 0.2) is 6.10 Å². The van der Waals surface area contributed by atoms with E-state index in [1.807, 2.05) is 31.2 Å². The number of nitrogens with one attached hydrogen (secondary N) is 1. The van der Waals surface area contributed by atoms with Gasteiger partial charge in [-0.2, -0.15) is 0 Å². The molecule has 36 heavy (non-hydrogen) atoms. The summed E-state index contributed by atoms with van der Waals surface area (Å²) in [7, 11) is -3.87. The molecule has 0 spiro atoms. The number of anilines is 1. The highest BCUT2D eigenvalue weighted by Gasteiger charge is 2.37. The Balaban J connectivity index is 1.35. The third-order valence-corrected chi connectivity index (χ3v) is 8.57. The summed E-state index contributed by atoms with van der Waals surface area (Å²) in [5.74, 6) is 0.0433. The Hall–Kier alpha value is -3.36. The number of amides is 1. The summed E-state index contributed by atoms with van der Waals surface area (Å²) in [5.41, 5.74) is 3.60. The largest absolute Gasteiger partial charge is 0.476 e. The van der Waals surface area contributed by atoms with Crippen LogP contribution in [-0.2, 0) is 27.9 Å². The number of rotatable bonds is 7. The van der Waals surface area contributed by atoms with Crippen LogP contribution >= 0.6 is 0 Å². The number of aryl methyl sites for hydroxylation is 1. The number of benzene rings is 3. The quantitative estimate of drug-likeness (QED) is 0.528. The Morgan fingerprint density at radius 2 is 1.67 bits per heavy atom. The summed E-state index contributed by atoms with van der Waals surface area (Å²) >= 11 is 0. The van der Waals surface area contributed by atoms with Gasteiger partial charge in [-0.1, -0.05) is 48.5 Å². The second-order valence-electron chi connectivity index (χ2n) is 9.40. The highest BCUT2D eigenvalue weighted by molar-refractivity contribution is 7.92. The Bertz CT molecular complexity index is 1340. The van der Waals surface area contributed by atoms with E-state index in [1.165, 1.54) is 22.7 Å². The lowest BCUT2D eigenvalue weighted by Gasteiger charge is -2.35. The lowest BCUT2D eigenvalue weighted by atomic mass is 10.1. The number of hydrogen-bond donors (Lipinski definition) is 1. The first kappa shape index (κ1) is 24.3. The SMILES string of the molecule is Cc1ccc2c(c1)O[C@H](C(=O)NCc1ccccc1CN1CCCC1)CN2S(=O)(=O)c1ccccc1. The first-order valence-corrected chi connectivity index (χ1v) is 13.8. The highest BCUT2D eigenvalue weighted by Crippen LogP contribution is 2.37. The van der Waals surface area contributed by atoms with E-state index in [-0.39, 0.29) is 17.3 Å². The molecule has 2 aliphatic heterocycles. The van der Waals surface area contributed by atoms with Gasteiger partial charge in [0.25, 0.3) is 15.9 Å². The first-order chi connectivity index (χ1) is 17.4. The van der Waals surface area contributed by atoms with Crippen molar-refractivity contribution in [3.63, 3.8) is 0 Å². The highest BCUT2D eigenvalue weighted by atomic mass is 32.2. The summed E-state index contributed by atoms with van der Waals surface area (Å²) < 4.78 is 34.4. The van der Waals surface area contributed by atoms with E-state index >= 15 is 0 Å². The molecule has 0 bridgehead atoms. The maximum Gasteiger partial charge on any atom is 0.264 e. The molecule has 0 radical (unpaired) electrons. The number of likely N-dealkylation sites (tertiary alicyclic amines) is 1. The zero-order valence-electron chi connectivity index (χ0n) is 20.4. The van der Waals surface area contributed by atoms with Gasteiger partial charge in [-0.3, -0.25) is 14.0 Å². The molecular weight excluding hydrogens is 474 g/mol. The van der Waals surface area contributed by atoms with Gasteiger partial charge < -0.3 is 10.1 Å². The number of carbonyl (C=O) groups is 1. The van der Waals surface area contributed by atoms with Gasteiger partial charge in [-0.15, -0.1) is 0 Å². The van der Waals surface area contributed by atoms with Crippen LogP contribution in [0.15, 0.2) is 77.7 Å². The van der Waals surface area contributed by atoms with Crippen molar-refractivity contribution in [3.8, 4) is 5.75 Å². The zero-order valence-corrected chi connectivity index (χ0v) is 21.2. The molecule has 3 aromatic rings. The number of ether oxygens (including phenoxy) is 1. The Labute approximate surface area is 212 Å². The van der Waals surface area contributed by atoms with Crippen LogP contribution in [0.2, 0.25) is 0 Å². The molecule has 3 aromatic carbocycles. The van der Waals surface area contributed by atoms with Gasteiger partial charge in [0.2, 0.25) is 0 Å². The van der Waals surface area contributed by atoms with Crippen molar-refractivity contribution in [3.05, 3.63) is 89.5 Å². The van der Waals surface area contributed by atoms with E-state index in [2.05, 4.69) is 16.3 Å². The fourth-order valence-corrected chi connectivity index (χ4v) is 6.30. The molecule has 0 saturated carbocycles. The second kappa shape index (κ2) is 10.3. The van der Waals surface area contributed by atoms with Gasteiger partial charge in [-0.25, -0.2) is 8.42 Å². The van der Waals surface area contributed by atoms with Crippen molar-refractivity contribution >= 4 is 21.6 Å². The Kier molecular flexibility index (Phi) is 6.98. The van der Waals surface area contributed by atoms with Gasteiger partial charge in [0.1, 0.15) is 5.75 Å². The van der Waals surface area contributed by atoms with E-state index in [0.29, 0.717) is 18.0 Å². The number of hydrogen-bond acceptors (Lipinski definition) is 5. The number of fused-ring (bicyclic) bond motifs is 1. The van der Waals surface area contributed by atoms with Crippen molar-refractivity contribution in [2.75, 3.05) is 23.9 Å². The van der Waals surface area contributed by atoms with Gasteiger partial charge in [0.05, 0.1) is 17.1 Å². The first-order valence-electron chi connectivity index (χ1n) is 12.3. The predicted octanol–water partition coefficient (Wildman–Crippen LogP) is 3.86. The molecular formula is C28H31N3O4S. The fourth-order valence-electron chi connectivity index (χ4n) is 4.81. The molecule has 1 N–H and O–H groups in total. The van der Waals surface area contributed by atoms with Crippen molar-refractivity contribution in [2.24, 2.45) is 0 Å². The monoisotopic (exact) mass is 505 g/mol. The van der Waals surface area contributed by atoms with Crippen LogP contribution in [0.25, 0.3) is 0 Å². The minimum atomic E-state index is -3.87. The van der Waals surface area contributed by atoms with Crippen molar-refractivity contribution < 1.29 is 17.9 Å². The summed E-state index contributed by atoms with van der Waals surface area (Å²) in [6, 6.07) is 21.7. The molecule has 8 heteroatoms. The van der Waals surface area contributed by atoms with Gasteiger partial charge >= 0.3 is 0 Å². The maximum atomic E-state index is 13.5. The fraction of sp³-hybridized carbons (Fsp3) is 0.321. The molecule has 5 rings (SSSR count). The number of nitrogens with zero attached hydrogens (tertiary/aromatic N) is 2. The standard InChI is InChI=1S/C28H31N3O4S/c1-21-13-14-25-26(17-21)35-27(20-31(25)36(33,34)24-11-3-2-4-12-24)28(32)29-18-22-9-5-6-10-23(22)19-30-15-7-8-16-30/h2-6,9-14,17,27H,7-8,15-16,18-20H2,1H3,(H,29,32)/t27-/m0/s1. The molecule has 1 atom stereocenters. The topological polar surface area (TPSA) is 79.0 Å². The smallest absolute Gasteiger partial charge is 0.264 e. The molecule has 2 aliphatic rings. The summed E-state index contributed by atoms with van der Waals surface area (Å²) in [6.07, 6.45) is 1.48. The molecule has 0 unspecified atom stereocenters. The Morgan fingerprint density at radius 1 is 0.972 bits per heavy atom. The molecule has 1 saturated heterocycles. The lowest BCUT2D eigenvalue weighted by Crippen LogP contribution is -2.50. The summed E-state index contributed by atoms with van der Waals surface area (Å²) in [4.78, 5) is 15.9. The maximum absolute atomic E-state index is 13.5. The van der Waals surface area contributed by atoms with E-state index in [0.717, 1.165) is 30.8 Å². The van der Waals surface area contributed by atoms with Crippen LogP contribution in [-0.4, -0.2) is 45.0 Å². The van der Waals surface area contributed by atoms with E-state index < -0.39 is 16.1 Å². The van der Waals surface area contributed by atoms with E-state index in [1.54, 1.807) is 42.5 Å². The van der Waals surface area contributed by atoms with Gasteiger partial charge in [-0.05, 0) is 73.8 Å². The lowest BCUT2D eigenvalue weighted by molar-refractivity contribution is -0.127. The predicted molar refractivity (Wildman–Crippen MR) is 139 cm³/mol. The third-order valence-electron chi connectivity index (χ3n) is 6.77. The zero-order chi connectivity index (χ0) is 25.1. The van der Waals surface area contributed by atoms with Gasteiger partial charge in [0, 0.05) is 13.1 Å². The minimum Gasteiger partial charge on any atom is -0.476 e. The van der Waals surface area contributed by atoms with E-state index in [9.17, 15) is 13.2 Å². The molecule has 2 heterocycles. The number of sulfonamides is 1. The molecule has 188 valence electrons. The normalized spacial score (nSPS) is 17.9. The molecule has 7 nitrogen and oxygen atoms in total. The molecule has 0 aromatic heterocycles.